The molecular weight excluding hydrogens is 334 g/mol. The van der Waals surface area contributed by atoms with E-state index in [9.17, 15) is 4.79 Å². The molecule has 2 heterocycles. The first-order valence-electron chi connectivity index (χ1n) is 7.55. The Balaban J connectivity index is 0.00000208. The van der Waals surface area contributed by atoms with Crippen LogP contribution in [0.5, 0.6) is 5.75 Å². The predicted molar refractivity (Wildman–Crippen MR) is 89.9 cm³/mol. The van der Waals surface area contributed by atoms with Crippen molar-refractivity contribution in [2.24, 2.45) is 0 Å². The molecule has 1 aliphatic rings. The Morgan fingerprint density at radius 1 is 1.17 bits per heavy atom. The lowest BCUT2D eigenvalue weighted by Gasteiger charge is -2.26. The lowest BCUT2D eigenvalue weighted by Crippen LogP contribution is -2.46. The summed E-state index contributed by atoms with van der Waals surface area (Å²) in [6, 6.07) is 7.46. The molecule has 1 fully saturated rings. The van der Waals surface area contributed by atoms with Crippen molar-refractivity contribution in [3.05, 3.63) is 36.7 Å². The molecule has 1 aliphatic heterocycles. The smallest absolute Gasteiger partial charge is 0.409 e. The monoisotopic (exact) mass is 353 g/mol. The SMILES string of the molecule is Cl.O=C(OCCOc1ccc(-n2ccnn2)cc1)N1CCNCC1. The highest BCUT2D eigenvalue weighted by atomic mass is 35.5. The fourth-order valence-electron chi connectivity index (χ4n) is 2.27. The topological polar surface area (TPSA) is 81.5 Å². The molecule has 0 atom stereocenters. The van der Waals surface area contributed by atoms with Crippen molar-refractivity contribution in [2.75, 3.05) is 39.4 Å². The zero-order valence-electron chi connectivity index (χ0n) is 13.1. The number of hydrogen-bond acceptors (Lipinski definition) is 6. The number of aromatic nitrogens is 3. The van der Waals surface area contributed by atoms with Crippen LogP contribution in [-0.2, 0) is 4.74 Å². The van der Waals surface area contributed by atoms with Crippen LogP contribution >= 0.6 is 12.4 Å². The minimum absolute atomic E-state index is 0. The Hall–Kier alpha value is -2.32. The third kappa shape index (κ3) is 4.84. The molecular formula is C15H20ClN5O3. The second-order valence-electron chi connectivity index (χ2n) is 5.04. The number of nitrogens with zero attached hydrogens (tertiary/aromatic N) is 4. The quantitative estimate of drug-likeness (QED) is 0.811. The molecule has 1 amide bonds. The molecule has 8 nitrogen and oxygen atoms in total. The van der Waals surface area contributed by atoms with Crippen molar-refractivity contribution in [3.8, 4) is 11.4 Å². The van der Waals surface area contributed by atoms with Gasteiger partial charge in [-0.2, -0.15) is 0 Å². The molecule has 0 spiro atoms. The van der Waals surface area contributed by atoms with Gasteiger partial charge in [-0.05, 0) is 24.3 Å². The fourth-order valence-corrected chi connectivity index (χ4v) is 2.27. The van der Waals surface area contributed by atoms with Gasteiger partial charge in [0.2, 0.25) is 0 Å². The number of carbonyl (C=O) groups excluding carboxylic acids is 1. The Kier molecular flexibility index (Phi) is 6.83. The van der Waals surface area contributed by atoms with Crippen LogP contribution in [0.15, 0.2) is 36.7 Å². The molecule has 0 unspecified atom stereocenters. The van der Waals surface area contributed by atoms with Gasteiger partial charge >= 0.3 is 6.09 Å². The first kappa shape index (κ1) is 18.0. The van der Waals surface area contributed by atoms with E-state index in [0.29, 0.717) is 25.4 Å². The summed E-state index contributed by atoms with van der Waals surface area (Å²) in [6.07, 6.45) is 3.11. The summed E-state index contributed by atoms with van der Waals surface area (Å²) in [5.74, 6) is 0.715. The molecule has 0 bridgehead atoms. The normalized spacial score (nSPS) is 13.9. The molecule has 1 aromatic heterocycles. The van der Waals surface area contributed by atoms with Crippen molar-refractivity contribution in [2.45, 2.75) is 0 Å². The first-order chi connectivity index (χ1) is 11.3. The molecule has 9 heteroatoms. The van der Waals surface area contributed by atoms with Gasteiger partial charge < -0.3 is 19.7 Å². The van der Waals surface area contributed by atoms with Gasteiger partial charge in [0.25, 0.3) is 0 Å². The van der Waals surface area contributed by atoms with E-state index in [1.54, 1.807) is 22.0 Å². The van der Waals surface area contributed by atoms with E-state index in [2.05, 4.69) is 15.6 Å². The molecule has 1 saturated heterocycles. The van der Waals surface area contributed by atoms with Crippen LogP contribution in [0.2, 0.25) is 0 Å². The van der Waals surface area contributed by atoms with E-state index in [1.807, 2.05) is 24.3 Å². The second-order valence-corrected chi connectivity index (χ2v) is 5.04. The number of hydrogen-bond donors (Lipinski definition) is 1. The molecule has 0 aliphatic carbocycles. The van der Waals surface area contributed by atoms with E-state index < -0.39 is 0 Å². The van der Waals surface area contributed by atoms with E-state index in [1.165, 1.54) is 0 Å². The van der Waals surface area contributed by atoms with Crippen LogP contribution in [0.4, 0.5) is 4.79 Å². The Morgan fingerprint density at radius 2 is 1.92 bits per heavy atom. The zero-order valence-corrected chi connectivity index (χ0v) is 13.9. The highest BCUT2D eigenvalue weighted by Gasteiger charge is 2.16. The van der Waals surface area contributed by atoms with Crippen LogP contribution in [0.3, 0.4) is 0 Å². The summed E-state index contributed by atoms with van der Waals surface area (Å²) < 4.78 is 12.4. The minimum Gasteiger partial charge on any atom is -0.490 e. The van der Waals surface area contributed by atoms with E-state index in [-0.39, 0.29) is 25.1 Å². The average molecular weight is 354 g/mol. The molecule has 1 aromatic carbocycles. The molecule has 130 valence electrons. The number of ether oxygens (including phenoxy) is 2. The number of piperazine rings is 1. The maximum atomic E-state index is 11.8. The van der Waals surface area contributed by atoms with E-state index in [4.69, 9.17) is 9.47 Å². The first-order valence-corrected chi connectivity index (χ1v) is 7.55. The molecule has 24 heavy (non-hydrogen) atoms. The van der Waals surface area contributed by atoms with Crippen LogP contribution in [0.1, 0.15) is 0 Å². The molecule has 0 saturated carbocycles. The average Bonchev–Trinajstić information content (AvgIpc) is 3.14. The summed E-state index contributed by atoms with van der Waals surface area (Å²) in [4.78, 5) is 13.5. The summed E-state index contributed by atoms with van der Waals surface area (Å²) in [5.41, 5.74) is 0.903. The second kappa shape index (κ2) is 9.09. The van der Waals surface area contributed by atoms with Gasteiger partial charge in [0.1, 0.15) is 19.0 Å². The highest BCUT2D eigenvalue weighted by Crippen LogP contribution is 2.14. The summed E-state index contributed by atoms with van der Waals surface area (Å²) in [5, 5.41) is 10.9. The summed E-state index contributed by atoms with van der Waals surface area (Å²) >= 11 is 0. The van der Waals surface area contributed by atoms with Gasteiger partial charge in [0.05, 0.1) is 18.1 Å². The standard InChI is InChI=1S/C15H19N5O3.ClH/c21-15(19-8-5-16-6-9-19)23-12-11-22-14-3-1-13(2-4-14)20-10-7-17-18-20;/h1-4,7,10,16H,5-6,8-9,11-12H2;1H. The van der Waals surface area contributed by atoms with Gasteiger partial charge in [-0.3, -0.25) is 0 Å². The molecule has 0 radical (unpaired) electrons. The van der Waals surface area contributed by atoms with Crippen molar-refractivity contribution in [1.82, 2.24) is 25.2 Å². The molecule has 3 rings (SSSR count). The highest BCUT2D eigenvalue weighted by molar-refractivity contribution is 5.85. The van der Waals surface area contributed by atoms with Gasteiger partial charge in [-0.25, -0.2) is 9.48 Å². The fraction of sp³-hybridized carbons (Fsp3) is 0.400. The van der Waals surface area contributed by atoms with Gasteiger partial charge in [0.15, 0.2) is 0 Å². The number of carbonyl (C=O) groups is 1. The minimum atomic E-state index is -0.281. The lowest BCUT2D eigenvalue weighted by molar-refractivity contribution is 0.0844. The zero-order chi connectivity index (χ0) is 15.9. The maximum absolute atomic E-state index is 11.8. The lowest BCUT2D eigenvalue weighted by atomic mass is 10.3. The number of rotatable bonds is 5. The van der Waals surface area contributed by atoms with Crippen LogP contribution in [-0.4, -0.2) is 65.4 Å². The van der Waals surface area contributed by atoms with Crippen LogP contribution in [0, 0.1) is 0 Å². The van der Waals surface area contributed by atoms with Crippen molar-refractivity contribution >= 4 is 18.5 Å². The largest absolute Gasteiger partial charge is 0.490 e. The third-order valence-corrected chi connectivity index (χ3v) is 3.48. The van der Waals surface area contributed by atoms with Crippen molar-refractivity contribution in [1.29, 1.82) is 0 Å². The van der Waals surface area contributed by atoms with Crippen LogP contribution < -0.4 is 10.1 Å². The number of halogens is 1. The van der Waals surface area contributed by atoms with Crippen molar-refractivity contribution in [3.63, 3.8) is 0 Å². The van der Waals surface area contributed by atoms with Gasteiger partial charge in [-0.1, -0.05) is 5.21 Å². The third-order valence-electron chi connectivity index (χ3n) is 3.48. The van der Waals surface area contributed by atoms with Crippen LogP contribution in [0.25, 0.3) is 5.69 Å². The molecule has 2 aromatic rings. The summed E-state index contributed by atoms with van der Waals surface area (Å²) in [7, 11) is 0. The maximum Gasteiger partial charge on any atom is 0.409 e. The van der Waals surface area contributed by atoms with E-state index >= 15 is 0 Å². The number of benzene rings is 1. The van der Waals surface area contributed by atoms with E-state index in [0.717, 1.165) is 18.8 Å². The molecule has 1 N–H and O–H groups in total. The Bertz CT molecular complexity index is 615. The van der Waals surface area contributed by atoms with Gasteiger partial charge in [0, 0.05) is 26.2 Å². The predicted octanol–water partition coefficient (Wildman–Crippen LogP) is 1.11. The van der Waals surface area contributed by atoms with Crippen molar-refractivity contribution < 1.29 is 14.3 Å². The Morgan fingerprint density at radius 3 is 2.58 bits per heavy atom. The Labute approximate surface area is 146 Å². The number of nitrogens with one attached hydrogen (secondary N) is 1. The summed E-state index contributed by atoms with van der Waals surface area (Å²) in [6.45, 7) is 3.54. The van der Waals surface area contributed by atoms with Gasteiger partial charge in [-0.15, -0.1) is 17.5 Å². The number of amides is 1.